The fraction of sp³-hybridized carbons (Fsp3) is 0.0833. The minimum absolute atomic E-state index is 0.336. The van der Waals surface area contributed by atoms with Gasteiger partial charge in [0.25, 0.3) is 0 Å². The average Bonchev–Trinajstić information content (AvgIpc) is 3.36. The molecule has 7 rings (SSSR count). The van der Waals surface area contributed by atoms with E-state index in [4.69, 9.17) is 4.98 Å². The molecule has 6 aromatic rings. The predicted molar refractivity (Wildman–Crippen MR) is 161 cm³/mol. The molecule has 0 spiro atoms. The lowest BCUT2D eigenvalue weighted by Gasteiger charge is -2.18. The van der Waals surface area contributed by atoms with Gasteiger partial charge in [0.15, 0.2) is 0 Å². The van der Waals surface area contributed by atoms with Crippen molar-refractivity contribution in [3.63, 3.8) is 0 Å². The van der Waals surface area contributed by atoms with Crippen molar-refractivity contribution in [2.45, 2.75) is 19.3 Å². The lowest BCUT2D eigenvalue weighted by atomic mass is 9.87. The molecule has 2 heteroatoms. The Balaban J connectivity index is 1.33. The first-order chi connectivity index (χ1) is 18.8. The van der Waals surface area contributed by atoms with E-state index in [1.54, 1.807) is 0 Å². The van der Waals surface area contributed by atoms with E-state index in [2.05, 4.69) is 145 Å². The van der Waals surface area contributed by atoms with E-state index in [0.29, 0.717) is 5.92 Å². The Labute approximate surface area is 222 Å². The van der Waals surface area contributed by atoms with Crippen LogP contribution in [-0.4, -0.2) is 9.38 Å². The van der Waals surface area contributed by atoms with Crippen molar-refractivity contribution in [2.75, 3.05) is 0 Å². The van der Waals surface area contributed by atoms with Crippen LogP contribution >= 0.6 is 0 Å². The van der Waals surface area contributed by atoms with E-state index in [0.717, 1.165) is 23.1 Å². The average molecular weight is 489 g/mol. The summed E-state index contributed by atoms with van der Waals surface area (Å²) in [6.07, 6.45) is 8.00. The minimum atomic E-state index is 0.336. The molecule has 0 bridgehead atoms. The zero-order chi connectivity index (χ0) is 25.5. The molecule has 0 fully saturated rings. The topological polar surface area (TPSA) is 17.3 Å². The highest BCUT2D eigenvalue weighted by Crippen LogP contribution is 2.36. The highest BCUT2D eigenvalue weighted by molar-refractivity contribution is 6.14. The Bertz CT molecular complexity index is 1970. The number of aryl methyl sites for hydroxylation is 1. The summed E-state index contributed by atoms with van der Waals surface area (Å²) in [5.74, 6) is 0.336. The van der Waals surface area contributed by atoms with Gasteiger partial charge in [-0.1, -0.05) is 115 Å². The zero-order valence-corrected chi connectivity index (χ0v) is 21.4. The van der Waals surface area contributed by atoms with Crippen LogP contribution in [0, 0.1) is 6.92 Å². The summed E-state index contributed by atoms with van der Waals surface area (Å²) in [7, 11) is 0. The third-order valence-electron chi connectivity index (χ3n) is 7.60. The number of nitrogens with zero attached hydrogens (tertiary/aromatic N) is 2. The number of benzene rings is 3. The van der Waals surface area contributed by atoms with E-state index >= 15 is 0 Å². The summed E-state index contributed by atoms with van der Waals surface area (Å²) in [6.45, 7) is 2.15. The summed E-state index contributed by atoms with van der Waals surface area (Å²) in [5.41, 5.74) is 9.49. The van der Waals surface area contributed by atoms with Crippen LogP contribution in [0.4, 0.5) is 0 Å². The highest BCUT2D eigenvalue weighted by Gasteiger charge is 2.17. The normalized spacial score (nSPS) is 15.2. The third kappa shape index (κ3) is 3.86. The van der Waals surface area contributed by atoms with Gasteiger partial charge < -0.3 is 0 Å². The van der Waals surface area contributed by atoms with Crippen molar-refractivity contribution >= 4 is 43.9 Å². The SMILES string of the molecule is Cc1cccccccc(C2=CCC(c3ccc4c5ccccc5n5c6ccccc6nc5c4c3)C=C2)c1. The molecule has 4 aromatic carbocycles. The van der Waals surface area contributed by atoms with Gasteiger partial charge in [-0.15, -0.1) is 0 Å². The van der Waals surface area contributed by atoms with Crippen molar-refractivity contribution in [3.8, 4) is 0 Å². The molecule has 1 unspecified atom stereocenters. The van der Waals surface area contributed by atoms with E-state index in [1.165, 1.54) is 43.9 Å². The molecule has 0 saturated heterocycles. The van der Waals surface area contributed by atoms with Gasteiger partial charge in [-0.2, -0.15) is 0 Å². The molecule has 182 valence electrons. The number of allylic oxidation sites excluding steroid dienone is 4. The molecular formula is C36H28N2. The van der Waals surface area contributed by atoms with Crippen LogP contribution in [0.15, 0.2) is 133 Å². The summed E-state index contributed by atoms with van der Waals surface area (Å²) >= 11 is 0. The van der Waals surface area contributed by atoms with Crippen molar-refractivity contribution in [3.05, 3.63) is 150 Å². The number of hydrogen-bond donors (Lipinski definition) is 0. The second kappa shape index (κ2) is 9.32. The summed E-state index contributed by atoms with van der Waals surface area (Å²) < 4.78 is 2.32. The van der Waals surface area contributed by atoms with Gasteiger partial charge in [0.05, 0.1) is 16.6 Å². The third-order valence-corrected chi connectivity index (χ3v) is 7.60. The largest absolute Gasteiger partial charge is 0.292 e. The number of fused-ring (bicyclic) bond motifs is 8. The van der Waals surface area contributed by atoms with Crippen LogP contribution in [0.2, 0.25) is 0 Å². The lowest BCUT2D eigenvalue weighted by molar-refractivity contribution is 0.858. The van der Waals surface area contributed by atoms with Gasteiger partial charge in [-0.25, -0.2) is 4.98 Å². The van der Waals surface area contributed by atoms with Crippen molar-refractivity contribution < 1.29 is 0 Å². The Morgan fingerprint density at radius 2 is 1.45 bits per heavy atom. The van der Waals surface area contributed by atoms with Crippen molar-refractivity contribution in [2.24, 2.45) is 0 Å². The smallest absolute Gasteiger partial charge is 0.146 e. The minimum Gasteiger partial charge on any atom is -0.292 e. The first-order valence-corrected chi connectivity index (χ1v) is 13.3. The Morgan fingerprint density at radius 3 is 2.32 bits per heavy atom. The van der Waals surface area contributed by atoms with Crippen LogP contribution in [0.1, 0.15) is 29.0 Å². The quantitative estimate of drug-likeness (QED) is 0.222. The van der Waals surface area contributed by atoms with Crippen molar-refractivity contribution in [1.29, 1.82) is 0 Å². The number of pyridine rings is 1. The number of imidazole rings is 1. The monoisotopic (exact) mass is 488 g/mol. The van der Waals surface area contributed by atoms with E-state index < -0.39 is 0 Å². The maximum absolute atomic E-state index is 5.09. The molecule has 2 nitrogen and oxygen atoms in total. The van der Waals surface area contributed by atoms with Crippen molar-refractivity contribution in [1.82, 2.24) is 9.38 Å². The number of aromatic nitrogens is 2. The maximum Gasteiger partial charge on any atom is 0.146 e. The fourth-order valence-electron chi connectivity index (χ4n) is 5.72. The molecule has 1 atom stereocenters. The van der Waals surface area contributed by atoms with Crippen LogP contribution in [0.3, 0.4) is 0 Å². The maximum atomic E-state index is 5.09. The Hall–Kier alpha value is -4.69. The van der Waals surface area contributed by atoms with Crippen LogP contribution in [0.5, 0.6) is 0 Å². The number of hydrogen-bond acceptors (Lipinski definition) is 1. The first kappa shape index (κ1) is 22.5. The van der Waals surface area contributed by atoms with Gasteiger partial charge in [0, 0.05) is 16.7 Å². The molecule has 0 saturated carbocycles. The number of rotatable bonds is 2. The van der Waals surface area contributed by atoms with Crippen LogP contribution < -0.4 is 0 Å². The molecule has 0 aliphatic heterocycles. The van der Waals surface area contributed by atoms with Gasteiger partial charge in [-0.05, 0) is 59.7 Å². The second-order valence-electron chi connectivity index (χ2n) is 10.1. The summed E-state index contributed by atoms with van der Waals surface area (Å²) in [5, 5.41) is 3.72. The zero-order valence-electron chi connectivity index (χ0n) is 21.4. The van der Waals surface area contributed by atoms with E-state index in [1.807, 2.05) is 0 Å². The van der Waals surface area contributed by atoms with Gasteiger partial charge >= 0.3 is 0 Å². The standard InChI is InChI=1S/C36H28N2/c1-25-11-5-3-2-4-6-12-28(23-25)26-17-19-27(20-18-26)29-21-22-30-31-13-7-9-15-34(31)38-35-16-10-8-14-33(35)37-36(38)32(30)24-29/h2-19,21-24,27H,20H2,1H3. The lowest BCUT2D eigenvalue weighted by Crippen LogP contribution is -1.99. The molecule has 2 heterocycles. The Kier molecular flexibility index (Phi) is 5.52. The van der Waals surface area contributed by atoms with E-state index in [9.17, 15) is 0 Å². The van der Waals surface area contributed by atoms with Crippen LogP contribution in [0.25, 0.3) is 43.9 Å². The summed E-state index contributed by atoms with van der Waals surface area (Å²) in [6, 6.07) is 41.1. The molecule has 0 N–H and O–H groups in total. The van der Waals surface area contributed by atoms with Crippen LogP contribution in [-0.2, 0) is 0 Å². The highest BCUT2D eigenvalue weighted by atomic mass is 15.0. The summed E-state index contributed by atoms with van der Waals surface area (Å²) in [4.78, 5) is 5.09. The molecule has 2 aromatic heterocycles. The molecule has 38 heavy (non-hydrogen) atoms. The fourth-order valence-corrected chi connectivity index (χ4v) is 5.72. The van der Waals surface area contributed by atoms with Gasteiger partial charge in [0.2, 0.25) is 0 Å². The van der Waals surface area contributed by atoms with Gasteiger partial charge in [0.1, 0.15) is 5.65 Å². The molecule has 1 aliphatic carbocycles. The second-order valence-corrected chi connectivity index (χ2v) is 10.1. The molecular weight excluding hydrogens is 460 g/mol. The van der Waals surface area contributed by atoms with E-state index in [-0.39, 0.29) is 0 Å². The number of para-hydroxylation sites is 3. The van der Waals surface area contributed by atoms with Gasteiger partial charge in [-0.3, -0.25) is 4.40 Å². The predicted octanol–water partition coefficient (Wildman–Crippen LogP) is 9.35. The first-order valence-electron chi connectivity index (χ1n) is 13.3. The Morgan fingerprint density at radius 1 is 0.684 bits per heavy atom. The molecule has 0 amide bonds. The molecule has 0 radical (unpaired) electrons. The molecule has 1 aliphatic rings.